The number of methoxy groups -OCH3 is 1. The predicted molar refractivity (Wildman–Crippen MR) is 108 cm³/mol. The Hall–Kier alpha value is -2.55. The maximum Gasteiger partial charge on any atom is 0.144 e. The summed E-state index contributed by atoms with van der Waals surface area (Å²) in [4.78, 5) is 0. The Bertz CT molecular complexity index is 925. The van der Waals surface area contributed by atoms with Crippen molar-refractivity contribution in [2.75, 3.05) is 19.2 Å². The van der Waals surface area contributed by atoms with Gasteiger partial charge in [0.05, 0.1) is 13.3 Å². The highest BCUT2D eigenvalue weighted by Gasteiger charge is 2.54. The molecule has 134 valence electrons. The molecule has 0 aliphatic heterocycles. The van der Waals surface area contributed by atoms with Crippen LogP contribution < -0.4 is 9.75 Å². The summed E-state index contributed by atoms with van der Waals surface area (Å²) < 4.78 is 5.46. The van der Waals surface area contributed by atoms with Gasteiger partial charge in [0.2, 0.25) is 0 Å². The van der Waals surface area contributed by atoms with E-state index in [0.717, 1.165) is 17.9 Å². The molecule has 0 saturated heterocycles. The normalized spacial score (nSPS) is 22.8. The fourth-order valence-corrected chi connectivity index (χ4v) is 4.33. The van der Waals surface area contributed by atoms with Gasteiger partial charge in [-0.05, 0) is 35.3 Å². The van der Waals surface area contributed by atoms with Crippen LogP contribution in [0.15, 0.2) is 64.8 Å². The lowest BCUT2D eigenvalue weighted by atomic mass is 9.69. The monoisotopic (exact) mass is 346 g/mol. The van der Waals surface area contributed by atoms with Crippen molar-refractivity contribution in [3.63, 3.8) is 0 Å². The smallest absolute Gasteiger partial charge is 0.144 e. The van der Waals surface area contributed by atoms with Crippen molar-refractivity contribution in [3.05, 3.63) is 70.8 Å². The average Bonchev–Trinajstić information content (AvgIpc) is 3.34. The number of benzene rings is 2. The molecular formula is C23H26N2O. The molecule has 0 bridgehead atoms. The summed E-state index contributed by atoms with van der Waals surface area (Å²) in [5.74, 6) is 0.828. The van der Waals surface area contributed by atoms with Gasteiger partial charge in [-0.2, -0.15) is 5.10 Å². The second-order valence-electron chi connectivity index (χ2n) is 8.01. The first-order valence-corrected chi connectivity index (χ1v) is 9.14. The van der Waals surface area contributed by atoms with Gasteiger partial charge in [0.1, 0.15) is 11.4 Å². The molecule has 3 nitrogen and oxygen atoms in total. The molecule has 0 radical (unpaired) electrons. The number of hydrogen-bond donors (Lipinski definition) is 0. The van der Waals surface area contributed by atoms with Crippen molar-refractivity contribution >= 4 is 11.9 Å². The van der Waals surface area contributed by atoms with Crippen molar-refractivity contribution in [1.82, 2.24) is 0 Å². The summed E-state index contributed by atoms with van der Waals surface area (Å²) in [7, 11) is 3.66. The molecule has 0 heterocycles. The van der Waals surface area contributed by atoms with Gasteiger partial charge in [0.15, 0.2) is 0 Å². The van der Waals surface area contributed by atoms with Crippen molar-refractivity contribution in [3.8, 4) is 5.75 Å². The molecule has 2 aliphatic carbocycles. The minimum atomic E-state index is -0.0347. The van der Waals surface area contributed by atoms with E-state index in [4.69, 9.17) is 9.84 Å². The van der Waals surface area contributed by atoms with Gasteiger partial charge in [-0.15, -0.1) is 0 Å². The first-order valence-electron chi connectivity index (χ1n) is 9.14. The third-order valence-electron chi connectivity index (χ3n) is 6.06. The van der Waals surface area contributed by atoms with Gasteiger partial charge in [-0.3, -0.25) is 5.01 Å². The standard InChI is InChI=1S/C23H26N2O/c1-22(2)16-10-6-7-11-17(16)23(3)14-18(23)19(22)15-24-25(4)20-12-8-9-13-21(20)26-5/h6-13,15H,14H2,1-5H3/b24-15+. The highest BCUT2D eigenvalue weighted by molar-refractivity contribution is 5.89. The molecule has 1 unspecified atom stereocenters. The second-order valence-corrected chi connectivity index (χ2v) is 8.01. The van der Waals surface area contributed by atoms with Crippen LogP contribution in [0.1, 0.15) is 38.3 Å². The van der Waals surface area contributed by atoms with Crippen LogP contribution in [0, 0.1) is 0 Å². The molecule has 0 spiro atoms. The van der Waals surface area contributed by atoms with E-state index in [1.807, 2.05) is 36.3 Å². The van der Waals surface area contributed by atoms with E-state index < -0.39 is 0 Å². The fraction of sp³-hybridized carbons (Fsp3) is 0.348. The number of nitrogens with zero attached hydrogens (tertiary/aromatic N) is 2. The maximum atomic E-state index is 5.46. The van der Waals surface area contributed by atoms with E-state index in [1.165, 1.54) is 22.3 Å². The lowest BCUT2D eigenvalue weighted by Crippen LogP contribution is -2.29. The van der Waals surface area contributed by atoms with Crippen LogP contribution in [0.5, 0.6) is 5.75 Å². The zero-order valence-corrected chi connectivity index (χ0v) is 16.2. The van der Waals surface area contributed by atoms with E-state index in [2.05, 4.69) is 51.3 Å². The first-order chi connectivity index (χ1) is 12.4. The lowest BCUT2D eigenvalue weighted by molar-refractivity contribution is 0.415. The Kier molecular flexibility index (Phi) is 3.72. The zero-order chi connectivity index (χ0) is 18.5. The van der Waals surface area contributed by atoms with Crippen LogP contribution in [-0.4, -0.2) is 20.4 Å². The summed E-state index contributed by atoms with van der Waals surface area (Å²) in [6, 6.07) is 16.8. The summed E-state index contributed by atoms with van der Waals surface area (Å²) in [5, 5.41) is 6.67. The lowest BCUT2D eigenvalue weighted by Gasteiger charge is -2.35. The molecule has 1 saturated carbocycles. The van der Waals surface area contributed by atoms with E-state index in [1.54, 1.807) is 7.11 Å². The summed E-state index contributed by atoms with van der Waals surface area (Å²) in [6.45, 7) is 6.97. The molecule has 26 heavy (non-hydrogen) atoms. The van der Waals surface area contributed by atoms with Crippen molar-refractivity contribution < 1.29 is 4.74 Å². The molecule has 2 aromatic carbocycles. The molecule has 0 aromatic heterocycles. The van der Waals surface area contributed by atoms with Crippen molar-refractivity contribution in [2.24, 2.45) is 5.10 Å². The number of para-hydroxylation sites is 2. The summed E-state index contributed by atoms with van der Waals surface area (Å²) in [5.41, 5.74) is 6.90. The molecule has 2 aliphatic rings. The number of fused-ring (bicyclic) bond motifs is 3. The second kappa shape index (κ2) is 5.73. The van der Waals surface area contributed by atoms with Gasteiger partial charge in [-0.1, -0.05) is 62.7 Å². The number of allylic oxidation sites excluding steroid dienone is 2. The topological polar surface area (TPSA) is 24.8 Å². The van der Waals surface area contributed by atoms with Gasteiger partial charge in [0, 0.05) is 17.9 Å². The van der Waals surface area contributed by atoms with Crippen LogP contribution >= 0.6 is 0 Å². The summed E-state index contributed by atoms with van der Waals surface area (Å²) >= 11 is 0. The van der Waals surface area contributed by atoms with Gasteiger partial charge in [-0.25, -0.2) is 0 Å². The summed E-state index contributed by atoms with van der Waals surface area (Å²) in [6.07, 6.45) is 3.19. The molecule has 0 amide bonds. The van der Waals surface area contributed by atoms with Crippen molar-refractivity contribution in [2.45, 2.75) is 38.0 Å². The first kappa shape index (κ1) is 16.9. The van der Waals surface area contributed by atoms with Crippen LogP contribution in [0.3, 0.4) is 0 Å². The number of anilines is 1. The van der Waals surface area contributed by atoms with E-state index in [-0.39, 0.29) is 10.8 Å². The van der Waals surface area contributed by atoms with Gasteiger partial charge >= 0.3 is 0 Å². The van der Waals surface area contributed by atoms with E-state index in [9.17, 15) is 0 Å². The van der Waals surface area contributed by atoms with Crippen LogP contribution in [0.2, 0.25) is 0 Å². The van der Waals surface area contributed by atoms with Gasteiger partial charge in [0.25, 0.3) is 0 Å². The molecule has 1 fully saturated rings. The van der Waals surface area contributed by atoms with Crippen LogP contribution in [0.4, 0.5) is 5.69 Å². The zero-order valence-electron chi connectivity index (χ0n) is 16.2. The number of hydrazone groups is 1. The Morgan fingerprint density at radius 2 is 1.65 bits per heavy atom. The van der Waals surface area contributed by atoms with E-state index >= 15 is 0 Å². The van der Waals surface area contributed by atoms with Gasteiger partial charge < -0.3 is 4.74 Å². The predicted octanol–water partition coefficient (Wildman–Crippen LogP) is 5.07. The molecular weight excluding hydrogens is 320 g/mol. The van der Waals surface area contributed by atoms with Crippen LogP contribution in [-0.2, 0) is 10.8 Å². The minimum absolute atomic E-state index is 0.0347. The minimum Gasteiger partial charge on any atom is -0.495 e. The Labute approximate surface area is 156 Å². The SMILES string of the molecule is COc1ccccc1N(C)/N=C/C1=C2CC2(C)c2ccccc2C1(C)C. The largest absolute Gasteiger partial charge is 0.495 e. The maximum absolute atomic E-state index is 5.46. The number of hydrogen-bond acceptors (Lipinski definition) is 3. The molecule has 4 rings (SSSR count). The Morgan fingerprint density at radius 3 is 2.38 bits per heavy atom. The third kappa shape index (κ3) is 2.38. The Morgan fingerprint density at radius 1 is 1.00 bits per heavy atom. The molecule has 3 heteroatoms. The highest BCUT2D eigenvalue weighted by atomic mass is 16.5. The molecule has 0 N–H and O–H groups in total. The highest BCUT2D eigenvalue weighted by Crippen LogP contribution is 2.62. The van der Waals surface area contributed by atoms with E-state index in [0.29, 0.717) is 0 Å². The fourth-order valence-electron chi connectivity index (χ4n) is 4.33. The average molecular weight is 346 g/mol. The van der Waals surface area contributed by atoms with Crippen molar-refractivity contribution in [1.29, 1.82) is 0 Å². The van der Waals surface area contributed by atoms with Crippen LogP contribution in [0.25, 0.3) is 0 Å². The molecule has 1 atom stereocenters. The third-order valence-corrected chi connectivity index (χ3v) is 6.06. The quantitative estimate of drug-likeness (QED) is 0.570. The molecule has 2 aromatic rings. The number of rotatable bonds is 4. The number of ether oxygens (including phenoxy) is 1. The Balaban J connectivity index is 1.71.